The second kappa shape index (κ2) is 12.1. The minimum Gasteiger partial charge on any atom is -0.466 e. The van der Waals surface area contributed by atoms with Crippen molar-refractivity contribution in [2.45, 2.75) is 58.4 Å². The zero-order chi connectivity index (χ0) is 21.9. The highest BCUT2D eigenvalue weighted by atomic mass is 16.5. The summed E-state index contributed by atoms with van der Waals surface area (Å²) in [4.78, 5) is 46.1. The molecule has 0 radical (unpaired) electrons. The minimum absolute atomic E-state index is 0.0407. The van der Waals surface area contributed by atoms with Gasteiger partial charge in [-0.05, 0) is 45.2 Å². The molecule has 0 saturated heterocycles. The lowest BCUT2D eigenvalue weighted by Gasteiger charge is -2.29. The van der Waals surface area contributed by atoms with Gasteiger partial charge in [-0.25, -0.2) is 4.98 Å². The molecule has 164 valence electrons. The van der Waals surface area contributed by atoms with E-state index >= 15 is 0 Å². The van der Waals surface area contributed by atoms with Crippen LogP contribution >= 0.6 is 0 Å². The number of carbonyl (C=O) groups excluding carboxylic acids is 2. The molecule has 0 aliphatic heterocycles. The Kier molecular flexibility index (Phi) is 9.47. The second-order valence-electron chi connectivity index (χ2n) is 7.30. The Morgan fingerprint density at radius 2 is 1.90 bits per heavy atom. The van der Waals surface area contributed by atoms with Crippen molar-refractivity contribution in [2.24, 2.45) is 0 Å². The van der Waals surface area contributed by atoms with Crippen LogP contribution in [0.2, 0.25) is 0 Å². The third-order valence-electron chi connectivity index (χ3n) is 5.06. The number of hydrogen-bond acceptors (Lipinski definition) is 5. The van der Waals surface area contributed by atoms with Gasteiger partial charge >= 0.3 is 5.97 Å². The Bertz CT molecular complexity index is 896. The van der Waals surface area contributed by atoms with E-state index in [9.17, 15) is 14.4 Å². The molecule has 1 heterocycles. The van der Waals surface area contributed by atoms with Gasteiger partial charge in [-0.15, -0.1) is 0 Å². The van der Waals surface area contributed by atoms with Crippen molar-refractivity contribution in [1.29, 1.82) is 0 Å². The van der Waals surface area contributed by atoms with Gasteiger partial charge in [-0.1, -0.05) is 18.6 Å². The van der Waals surface area contributed by atoms with Gasteiger partial charge < -0.3 is 20.4 Å². The van der Waals surface area contributed by atoms with Crippen molar-refractivity contribution >= 4 is 22.8 Å². The molecule has 0 spiro atoms. The predicted octanol–water partition coefficient (Wildman–Crippen LogP) is 1.96. The maximum absolute atomic E-state index is 12.9. The van der Waals surface area contributed by atoms with E-state index < -0.39 is 6.04 Å². The summed E-state index contributed by atoms with van der Waals surface area (Å²) in [7, 11) is 0. The van der Waals surface area contributed by atoms with Crippen molar-refractivity contribution in [3.63, 3.8) is 0 Å². The van der Waals surface area contributed by atoms with Gasteiger partial charge in [0.2, 0.25) is 5.91 Å². The van der Waals surface area contributed by atoms with Gasteiger partial charge in [-0.3, -0.25) is 14.4 Å². The molecule has 1 aromatic heterocycles. The Morgan fingerprint density at radius 3 is 2.63 bits per heavy atom. The van der Waals surface area contributed by atoms with Crippen molar-refractivity contribution < 1.29 is 20.1 Å². The quantitative estimate of drug-likeness (QED) is 0.404. The highest BCUT2D eigenvalue weighted by molar-refractivity contribution is 5.82. The summed E-state index contributed by atoms with van der Waals surface area (Å²) >= 11 is 0. The number of esters is 1. The molecular formula is C22H33N4O4+. The van der Waals surface area contributed by atoms with Crippen LogP contribution in [0.5, 0.6) is 0 Å². The first-order valence-electron chi connectivity index (χ1n) is 10.7. The summed E-state index contributed by atoms with van der Waals surface area (Å²) in [6.07, 6.45) is 4.07. The number of carbonyl (C=O) groups is 2. The summed E-state index contributed by atoms with van der Waals surface area (Å²) in [5.74, 6) is -0.0874. The van der Waals surface area contributed by atoms with E-state index in [0.717, 1.165) is 32.2 Å². The van der Waals surface area contributed by atoms with Crippen LogP contribution in [0, 0.1) is 0 Å². The summed E-state index contributed by atoms with van der Waals surface area (Å²) in [5.41, 5.74) is 4.22. The zero-order valence-corrected chi connectivity index (χ0v) is 18.0. The molecule has 2 aromatic rings. The van der Waals surface area contributed by atoms with E-state index in [1.54, 1.807) is 30.0 Å². The van der Waals surface area contributed by atoms with E-state index in [4.69, 9.17) is 4.74 Å². The normalized spacial score (nSPS) is 12.0. The number of unbranched alkanes of at least 4 members (excludes halogenated alkanes) is 3. The lowest BCUT2D eigenvalue weighted by molar-refractivity contribution is -0.368. The predicted molar refractivity (Wildman–Crippen MR) is 115 cm³/mol. The first-order chi connectivity index (χ1) is 14.5. The van der Waals surface area contributed by atoms with E-state index in [1.165, 1.54) is 0 Å². The van der Waals surface area contributed by atoms with E-state index in [0.29, 0.717) is 29.9 Å². The van der Waals surface area contributed by atoms with Crippen LogP contribution in [0.25, 0.3) is 10.9 Å². The number of nitrogens with zero attached hydrogens (tertiary/aromatic N) is 2. The Balaban J connectivity index is 2.18. The fraction of sp³-hybridized carbons (Fsp3) is 0.545. The van der Waals surface area contributed by atoms with Gasteiger partial charge in [0.1, 0.15) is 5.82 Å². The highest BCUT2D eigenvalue weighted by Crippen LogP contribution is 2.20. The fourth-order valence-electron chi connectivity index (χ4n) is 3.38. The number of hydrogen-bond donors (Lipinski definition) is 2. The molecule has 1 amide bonds. The highest BCUT2D eigenvalue weighted by Gasteiger charge is 2.24. The van der Waals surface area contributed by atoms with Crippen molar-refractivity contribution in [3.05, 3.63) is 40.4 Å². The Labute approximate surface area is 176 Å². The van der Waals surface area contributed by atoms with Crippen LogP contribution < -0.4 is 11.3 Å². The average Bonchev–Trinajstić information content (AvgIpc) is 2.74. The lowest BCUT2D eigenvalue weighted by Crippen LogP contribution is -2.50. The number of rotatable bonds is 12. The number of para-hydroxylation sites is 1. The maximum atomic E-state index is 12.9. The number of aromatic amines is 1. The molecule has 2 rings (SSSR count). The number of aromatic nitrogens is 2. The molecule has 8 nitrogen and oxygen atoms in total. The zero-order valence-electron chi connectivity index (χ0n) is 18.0. The van der Waals surface area contributed by atoms with Crippen molar-refractivity contribution in [2.75, 3.05) is 19.7 Å². The molecule has 1 aromatic carbocycles. The molecule has 4 N–H and O–H groups in total. The van der Waals surface area contributed by atoms with Crippen LogP contribution in [-0.4, -0.2) is 46.4 Å². The van der Waals surface area contributed by atoms with Crippen LogP contribution in [-0.2, 0) is 14.3 Å². The first kappa shape index (κ1) is 23.5. The molecule has 8 heteroatoms. The lowest BCUT2D eigenvalue weighted by atomic mass is 10.1. The molecule has 0 aliphatic rings. The van der Waals surface area contributed by atoms with Crippen LogP contribution in [0.3, 0.4) is 0 Å². The maximum Gasteiger partial charge on any atom is 0.306 e. The topological polar surface area (TPSA) is 120 Å². The average molecular weight is 418 g/mol. The molecule has 0 bridgehead atoms. The number of nitrogens with one attached hydrogen (secondary N) is 1. The molecule has 1 atom stereocenters. The summed E-state index contributed by atoms with van der Waals surface area (Å²) < 4.78 is 4.93. The van der Waals surface area contributed by atoms with Gasteiger partial charge in [-0.2, -0.15) is 0 Å². The Morgan fingerprint density at radius 1 is 1.17 bits per heavy atom. The number of amides is 1. The van der Waals surface area contributed by atoms with Gasteiger partial charge in [0.25, 0.3) is 5.56 Å². The Hall–Kier alpha value is -2.74. The molecule has 0 aliphatic carbocycles. The molecule has 0 fully saturated rings. The summed E-state index contributed by atoms with van der Waals surface area (Å²) in [5, 5.41) is 0.516. The van der Waals surface area contributed by atoms with Gasteiger partial charge in [0.15, 0.2) is 0 Å². The SMILES string of the molecule is CCOC(=O)CCC(=O)N(CCCCCC[NH3+])[C@H](C)c1nc2ccccc2c(=O)[nH]1. The molecule has 0 saturated carbocycles. The molecule has 0 unspecified atom stereocenters. The molecule has 30 heavy (non-hydrogen) atoms. The number of ether oxygens (including phenoxy) is 1. The van der Waals surface area contributed by atoms with Crippen molar-refractivity contribution in [1.82, 2.24) is 14.9 Å². The van der Waals surface area contributed by atoms with Crippen LogP contribution in [0.15, 0.2) is 29.1 Å². The third kappa shape index (κ3) is 6.66. The standard InChI is InChI=1S/C22H32N4O4/c1-3-30-20(28)13-12-19(27)26(15-9-5-4-8-14-23)16(2)21-24-18-11-7-6-10-17(18)22(29)25-21/h6-7,10-11,16H,3-5,8-9,12-15,23H2,1-2H3,(H,24,25,29)/p+1/t16-/m1/s1. The summed E-state index contributed by atoms with van der Waals surface area (Å²) in [6, 6.07) is 6.71. The number of benzene rings is 1. The fourth-order valence-corrected chi connectivity index (χ4v) is 3.38. The number of quaternary nitrogens is 1. The number of H-pyrrole nitrogens is 1. The van der Waals surface area contributed by atoms with Crippen LogP contribution in [0.4, 0.5) is 0 Å². The smallest absolute Gasteiger partial charge is 0.306 e. The van der Waals surface area contributed by atoms with E-state index in [1.807, 2.05) is 13.0 Å². The largest absolute Gasteiger partial charge is 0.466 e. The third-order valence-corrected chi connectivity index (χ3v) is 5.06. The van der Waals surface area contributed by atoms with Gasteiger partial charge in [0, 0.05) is 13.0 Å². The monoisotopic (exact) mass is 417 g/mol. The van der Waals surface area contributed by atoms with E-state index in [2.05, 4.69) is 15.7 Å². The molecular weight excluding hydrogens is 384 g/mol. The van der Waals surface area contributed by atoms with Gasteiger partial charge in [0.05, 0.1) is 36.5 Å². The minimum atomic E-state index is -0.412. The van der Waals surface area contributed by atoms with Crippen molar-refractivity contribution in [3.8, 4) is 0 Å². The van der Waals surface area contributed by atoms with E-state index in [-0.39, 0.29) is 30.3 Å². The number of fused-ring (bicyclic) bond motifs is 1. The summed E-state index contributed by atoms with van der Waals surface area (Å²) in [6.45, 7) is 5.33. The van der Waals surface area contributed by atoms with Crippen LogP contribution in [0.1, 0.15) is 64.2 Å². The second-order valence-corrected chi connectivity index (χ2v) is 7.30. The first-order valence-corrected chi connectivity index (χ1v) is 10.7.